The third kappa shape index (κ3) is 3.36. The van der Waals surface area contributed by atoms with Gasteiger partial charge in [0.2, 0.25) is 0 Å². The van der Waals surface area contributed by atoms with Crippen LogP contribution in [-0.2, 0) is 10.0 Å². The number of carbonyl (C=O) groups excluding carboxylic acids is 2. The number of amides is 2. The van der Waals surface area contributed by atoms with Crippen LogP contribution >= 0.6 is 0 Å². The Kier molecular flexibility index (Phi) is 4.94. The van der Waals surface area contributed by atoms with Gasteiger partial charge in [-0.15, -0.1) is 0 Å². The molecule has 4 aromatic rings. The van der Waals surface area contributed by atoms with Crippen LogP contribution < -0.4 is 0 Å². The van der Waals surface area contributed by atoms with Gasteiger partial charge in [0.1, 0.15) is 0 Å². The number of nitrogens with zero attached hydrogens (tertiary/aromatic N) is 2. The maximum absolute atomic E-state index is 13.4. The van der Waals surface area contributed by atoms with Gasteiger partial charge in [-0.05, 0) is 42.8 Å². The van der Waals surface area contributed by atoms with Crippen molar-refractivity contribution in [2.45, 2.75) is 24.7 Å². The van der Waals surface area contributed by atoms with Crippen molar-refractivity contribution in [1.29, 1.82) is 0 Å². The monoisotopic (exact) mass is 458 g/mol. The summed E-state index contributed by atoms with van der Waals surface area (Å²) in [7, 11) is -3.82. The zero-order chi connectivity index (χ0) is 23.3. The first kappa shape index (κ1) is 21.2. The summed E-state index contributed by atoms with van der Waals surface area (Å²) in [6.07, 6.45) is 1.61. The fraction of sp³-hybridized carbons (Fsp3) is 0.154. The first-order chi connectivity index (χ1) is 15.8. The van der Waals surface area contributed by atoms with E-state index in [0.29, 0.717) is 16.6 Å². The number of imide groups is 1. The van der Waals surface area contributed by atoms with Crippen LogP contribution in [0.25, 0.3) is 10.9 Å². The minimum atomic E-state index is -3.82. The molecular weight excluding hydrogens is 436 g/mol. The van der Waals surface area contributed by atoms with Gasteiger partial charge in [0.05, 0.1) is 21.5 Å². The number of fused-ring (bicyclic) bond motifs is 2. The first-order valence-electron chi connectivity index (χ1n) is 10.7. The summed E-state index contributed by atoms with van der Waals surface area (Å²) in [5, 5.41) is 0.775. The topological polar surface area (TPSA) is 76.5 Å². The second-order valence-electron chi connectivity index (χ2n) is 8.38. The Morgan fingerprint density at radius 1 is 0.818 bits per heavy atom. The molecule has 0 saturated carbocycles. The Labute approximate surface area is 192 Å². The lowest BCUT2D eigenvalue weighted by Crippen LogP contribution is -2.33. The highest BCUT2D eigenvalue weighted by Gasteiger charge is 2.36. The van der Waals surface area contributed by atoms with Crippen LogP contribution in [0.2, 0.25) is 0 Å². The highest BCUT2D eigenvalue weighted by Crippen LogP contribution is 2.33. The predicted octanol–water partition coefficient (Wildman–Crippen LogP) is 4.59. The third-order valence-electron chi connectivity index (χ3n) is 6.15. The van der Waals surface area contributed by atoms with Crippen LogP contribution in [0.3, 0.4) is 0 Å². The van der Waals surface area contributed by atoms with E-state index < -0.39 is 10.0 Å². The molecule has 1 aliphatic rings. The molecule has 33 heavy (non-hydrogen) atoms. The SMILES string of the molecule is Cc1ccc(S(=O)(=O)n2cc(C(C)CN3C(=O)c4ccccc4C3=O)c3ccccc32)cc1. The minimum Gasteiger partial charge on any atom is -0.274 e. The molecule has 0 bridgehead atoms. The fourth-order valence-corrected chi connectivity index (χ4v) is 5.75. The van der Waals surface area contributed by atoms with Crippen molar-refractivity contribution in [2.75, 3.05) is 6.54 Å². The van der Waals surface area contributed by atoms with Gasteiger partial charge in [0, 0.05) is 24.0 Å². The molecule has 0 N–H and O–H groups in total. The predicted molar refractivity (Wildman–Crippen MR) is 126 cm³/mol. The summed E-state index contributed by atoms with van der Waals surface area (Å²) < 4.78 is 28.2. The van der Waals surface area contributed by atoms with E-state index in [0.717, 1.165) is 16.5 Å². The number of aromatic nitrogens is 1. The molecule has 166 valence electrons. The smallest absolute Gasteiger partial charge is 0.268 e. The van der Waals surface area contributed by atoms with Gasteiger partial charge in [-0.1, -0.05) is 55.0 Å². The second kappa shape index (κ2) is 7.71. The summed E-state index contributed by atoms with van der Waals surface area (Å²) in [5.41, 5.74) is 3.10. The van der Waals surface area contributed by atoms with Crippen LogP contribution in [0.1, 0.15) is 44.7 Å². The molecule has 0 fully saturated rings. The zero-order valence-electron chi connectivity index (χ0n) is 18.2. The molecule has 7 heteroatoms. The normalized spacial score (nSPS) is 14.7. The molecule has 0 aliphatic carbocycles. The van der Waals surface area contributed by atoms with Gasteiger partial charge in [-0.25, -0.2) is 12.4 Å². The zero-order valence-corrected chi connectivity index (χ0v) is 19.0. The number of hydrogen-bond donors (Lipinski definition) is 0. The largest absolute Gasteiger partial charge is 0.274 e. The van der Waals surface area contributed by atoms with Gasteiger partial charge < -0.3 is 0 Å². The molecule has 0 radical (unpaired) electrons. The lowest BCUT2D eigenvalue weighted by molar-refractivity contribution is 0.0646. The molecule has 0 saturated heterocycles. The van der Waals surface area contributed by atoms with Gasteiger partial charge in [-0.2, -0.15) is 0 Å². The first-order valence-corrected chi connectivity index (χ1v) is 12.1. The van der Waals surface area contributed by atoms with Crippen molar-refractivity contribution in [1.82, 2.24) is 8.87 Å². The Balaban J connectivity index is 1.54. The summed E-state index contributed by atoms with van der Waals surface area (Å²) in [5.74, 6) is -0.913. The maximum atomic E-state index is 13.4. The van der Waals surface area contributed by atoms with Crippen LogP contribution in [0.4, 0.5) is 0 Å². The Morgan fingerprint density at radius 2 is 1.39 bits per heavy atom. The molecule has 1 unspecified atom stereocenters. The van der Waals surface area contributed by atoms with Crippen LogP contribution in [0.5, 0.6) is 0 Å². The van der Waals surface area contributed by atoms with E-state index in [2.05, 4.69) is 0 Å². The summed E-state index contributed by atoms with van der Waals surface area (Å²) in [6, 6.07) is 20.8. The summed E-state index contributed by atoms with van der Waals surface area (Å²) in [6.45, 7) is 3.96. The molecule has 2 amide bonds. The molecule has 2 heterocycles. The second-order valence-corrected chi connectivity index (χ2v) is 10.2. The molecular formula is C26H22N2O4S. The molecule has 6 nitrogen and oxygen atoms in total. The number of rotatable bonds is 5. The number of carbonyl (C=O) groups is 2. The molecule has 0 spiro atoms. The fourth-order valence-electron chi connectivity index (χ4n) is 4.37. The van der Waals surface area contributed by atoms with Crippen LogP contribution in [-0.4, -0.2) is 35.6 Å². The van der Waals surface area contributed by atoms with E-state index in [-0.39, 0.29) is 29.2 Å². The number of hydrogen-bond acceptors (Lipinski definition) is 4. The van der Waals surface area contributed by atoms with E-state index >= 15 is 0 Å². The van der Waals surface area contributed by atoms with E-state index in [9.17, 15) is 18.0 Å². The number of aryl methyl sites for hydroxylation is 1. The average Bonchev–Trinajstić information content (AvgIpc) is 3.32. The molecule has 1 atom stereocenters. The Morgan fingerprint density at radius 3 is 2.03 bits per heavy atom. The van der Waals surface area contributed by atoms with E-state index in [1.54, 1.807) is 66.9 Å². The quantitative estimate of drug-likeness (QED) is 0.410. The lowest BCUT2D eigenvalue weighted by Gasteiger charge is -2.19. The van der Waals surface area contributed by atoms with Gasteiger partial charge >= 0.3 is 0 Å². The molecule has 3 aromatic carbocycles. The standard InChI is InChI=1S/C26H22N2O4S/c1-17-11-13-19(14-12-17)33(31,32)28-16-23(20-7-5-6-10-24(20)28)18(2)15-27-25(29)21-8-3-4-9-22(21)26(27)30/h3-14,16,18H,15H2,1-2H3. The van der Waals surface area contributed by atoms with Gasteiger partial charge in [0.25, 0.3) is 21.8 Å². The van der Waals surface area contributed by atoms with Gasteiger partial charge in [-0.3, -0.25) is 14.5 Å². The minimum absolute atomic E-state index is 0.158. The molecule has 5 rings (SSSR count). The Bertz CT molecular complexity index is 1480. The van der Waals surface area contributed by atoms with E-state index in [1.165, 1.54) is 8.87 Å². The summed E-state index contributed by atoms with van der Waals surface area (Å²) in [4.78, 5) is 27.1. The molecule has 1 aliphatic heterocycles. The molecule has 1 aromatic heterocycles. The average molecular weight is 459 g/mol. The number of benzene rings is 3. The van der Waals surface area contributed by atoms with E-state index in [1.807, 2.05) is 26.0 Å². The van der Waals surface area contributed by atoms with Crippen molar-refractivity contribution in [2.24, 2.45) is 0 Å². The Hall–Kier alpha value is -3.71. The summed E-state index contributed by atoms with van der Waals surface area (Å²) >= 11 is 0. The van der Waals surface area contributed by atoms with Crippen LogP contribution in [0.15, 0.2) is 83.9 Å². The highest BCUT2D eigenvalue weighted by atomic mass is 32.2. The van der Waals surface area contributed by atoms with Crippen molar-refractivity contribution in [3.8, 4) is 0 Å². The van der Waals surface area contributed by atoms with Crippen molar-refractivity contribution in [3.63, 3.8) is 0 Å². The highest BCUT2D eigenvalue weighted by molar-refractivity contribution is 7.90. The van der Waals surface area contributed by atoms with Crippen molar-refractivity contribution < 1.29 is 18.0 Å². The van der Waals surface area contributed by atoms with Crippen LogP contribution in [0, 0.1) is 6.92 Å². The van der Waals surface area contributed by atoms with E-state index in [4.69, 9.17) is 0 Å². The number of para-hydroxylation sites is 1. The maximum Gasteiger partial charge on any atom is 0.268 e. The lowest BCUT2D eigenvalue weighted by atomic mass is 10.00. The van der Waals surface area contributed by atoms with Crippen molar-refractivity contribution in [3.05, 3.63) is 101 Å². The third-order valence-corrected chi connectivity index (χ3v) is 7.84. The van der Waals surface area contributed by atoms with Crippen molar-refractivity contribution >= 4 is 32.7 Å². The van der Waals surface area contributed by atoms with Gasteiger partial charge in [0.15, 0.2) is 0 Å².